The number of esters is 1. The molecule has 1 aliphatic heterocycles. The van der Waals surface area contributed by atoms with Crippen molar-refractivity contribution >= 4 is 11.8 Å². The molecule has 0 bridgehead atoms. The van der Waals surface area contributed by atoms with E-state index >= 15 is 0 Å². The maximum Gasteiger partial charge on any atom is 0.303 e. The van der Waals surface area contributed by atoms with E-state index in [1.807, 2.05) is 0 Å². The molecule has 1 N–H and O–H groups in total. The number of ether oxygens (including phenoxy) is 2. The van der Waals surface area contributed by atoms with Gasteiger partial charge in [-0.15, -0.1) is 0 Å². The first kappa shape index (κ1) is 14.1. The summed E-state index contributed by atoms with van der Waals surface area (Å²) >= 11 is 0. The van der Waals surface area contributed by atoms with Crippen molar-refractivity contribution in [1.82, 2.24) is 0 Å². The van der Waals surface area contributed by atoms with E-state index in [0.29, 0.717) is 16.9 Å². The number of phenolic OH excluding ortho intramolecular Hbond substituents is 1. The lowest BCUT2D eigenvalue weighted by atomic mass is 9.99. The molecule has 0 unspecified atom stereocenters. The molecule has 0 spiro atoms. The number of Topliss-reactive ketones (excluding diaryl/α,β-unsaturated/α-hetero) is 1. The first-order valence-corrected chi connectivity index (χ1v) is 6.18. The van der Waals surface area contributed by atoms with Crippen LogP contribution in [0.1, 0.15) is 42.8 Å². The maximum atomic E-state index is 11.4. The Bertz CT molecular complexity index is 603. The fraction of sp³-hybridized carbons (Fsp3) is 0.333. The third kappa shape index (κ3) is 2.39. The lowest BCUT2D eigenvalue weighted by Crippen LogP contribution is -2.23. The molecule has 2 rings (SSSR count). The van der Waals surface area contributed by atoms with Crippen LogP contribution >= 0.6 is 0 Å². The van der Waals surface area contributed by atoms with Crippen molar-refractivity contribution in [1.29, 1.82) is 0 Å². The van der Waals surface area contributed by atoms with E-state index in [9.17, 15) is 14.7 Å². The minimum absolute atomic E-state index is 0.153. The molecule has 0 amide bonds. The highest BCUT2D eigenvalue weighted by Gasteiger charge is 2.38. The Morgan fingerprint density at radius 3 is 2.45 bits per heavy atom. The molecule has 1 aromatic rings. The second-order valence-corrected chi connectivity index (χ2v) is 4.88. The largest absolute Gasteiger partial charge is 0.507 e. The fourth-order valence-electron chi connectivity index (χ4n) is 2.22. The van der Waals surface area contributed by atoms with Gasteiger partial charge in [0.1, 0.15) is 11.5 Å². The number of aromatic hydroxyl groups is 1. The van der Waals surface area contributed by atoms with Gasteiger partial charge in [-0.1, -0.05) is 6.58 Å². The molecule has 5 nitrogen and oxygen atoms in total. The van der Waals surface area contributed by atoms with Crippen molar-refractivity contribution in [2.75, 3.05) is 0 Å². The molecule has 106 valence electrons. The van der Waals surface area contributed by atoms with Crippen molar-refractivity contribution in [2.24, 2.45) is 0 Å². The quantitative estimate of drug-likeness (QED) is 0.521. The van der Waals surface area contributed by atoms with Crippen LogP contribution in [0, 0.1) is 0 Å². The van der Waals surface area contributed by atoms with Crippen molar-refractivity contribution in [3.8, 4) is 11.5 Å². The number of hydrogen-bond acceptors (Lipinski definition) is 5. The predicted molar refractivity (Wildman–Crippen MR) is 71.8 cm³/mol. The highest BCUT2D eigenvalue weighted by Crippen LogP contribution is 2.44. The molecule has 1 aliphatic rings. The summed E-state index contributed by atoms with van der Waals surface area (Å²) in [4.78, 5) is 22.6. The summed E-state index contributed by atoms with van der Waals surface area (Å²) in [6.07, 6.45) is -1.18. The number of fused-ring (bicyclic) bond motifs is 1. The van der Waals surface area contributed by atoms with E-state index in [2.05, 4.69) is 6.58 Å². The van der Waals surface area contributed by atoms with E-state index in [1.54, 1.807) is 6.92 Å². The third-order valence-electron chi connectivity index (χ3n) is 3.12. The number of carbonyl (C=O) groups is 2. The monoisotopic (exact) mass is 276 g/mol. The summed E-state index contributed by atoms with van der Waals surface area (Å²) in [6.45, 7) is 8.23. The number of hydrogen-bond donors (Lipinski definition) is 1. The van der Waals surface area contributed by atoms with Gasteiger partial charge in [0.15, 0.2) is 18.0 Å². The lowest BCUT2D eigenvalue weighted by Gasteiger charge is -2.18. The maximum absolute atomic E-state index is 11.4. The summed E-state index contributed by atoms with van der Waals surface area (Å²) in [7, 11) is 0. The van der Waals surface area contributed by atoms with Crippen LogP contribution in [0.15, 0.2) is 24.3 Å². The standard InChI is InChI=1S/C15H16O5/c1-7(2)14-15(19-9(4)17)11-5-12(18)10(8(3)16)6-13(11)20-14/h5-6,14-15,18H,1H2,2-4H3/t14-,15+/m1/s1. The Hall–Kier alpha value is -2.30. The van der Waals surface area contributed by atoms with Crippen LogP contribution in [0.25, 0.3) is 0 Å². The first-order valence-electron chi connectivity index (χ1n) is 6.18. The van der Waals surface area contributed by atoms with Crippen LogP contribution in [0.3, 0.4) is 0 Å². The molecule has 0 saturated carbocycles. The zero-order valence-electron chi connectivity index (χ0n) is 11.6. The fourth-order valence-corrected chi connectivity index (χ4v) is 2.22. The van der Waals surface area contributed by atoms with Crippen LogP contribution < -0.4 is 4.74 Å². The summed E-state index contributed by atoms with van der Waals surface area (Å²) in [5, 5.41) is 9.88. The van der Waals surface area contributed by atoms with E-state index in [-0.39, 0.29) is 17.1 Å². The Balaban J connectivity index is 2.50. The molecular formula is C15H16O5. The van der Waals surface area contributed by atoms with Gasteiger partial charge < -0.3 is 14.6 Å². The summed E-state index contributed by atoms with van der Waals surface area (Å²) in [6, 6.07) is 2.87. The summed E-state index contributed by atoms with van der Waals surface area (Å²) < 4.78 is 10.9. The highest BCUT2D eigenvalue weighted by molar-refractivity contribution is 5.97. The van der Waals surface area contributed by atoms with Gasteiger partial charge in [-0.2, -0.15) is 0 Å². The second-order valence-electron chi connectivity index (χ2n) is 4.88. The van der Waals surface area contributed by atoms with Gasteiger partial charge in [0, 0.05) is 12.5 Å². The average Bonchev–Trinajstić information content (AvgIpc) is 2.66. The Morgan fingerprint density at radius 2 is 1.95 bits per heavy atom. The second kappa shape index (κ2) is 5.00. The summed E-state index contributed by atoms with van der Waals surface area (Å²) in [5.41, 5.74) is 1.40. The molecular weight excluding hydrogens is 260 g/mol. The molecule has 0 saturated heterocycles. The van der Waals surface area contributed by atoms with Crippen molar-refractivity contribution in [3.63, 3.8) is 0 Å². The van der Waals surface area contributed by atoms with Crippen LogP contribution in [0.5, 0.6) is 11.5 Å². The third-order valence-corrected chi connectivity index (χ3v) is 3.12. The van der Waals surface area contributed by atoms with E-state index < -0.39 is 18.2 Å². The Kier molecular flexibility index (Phi) is 3.53. The lowest BCUT2D eigenvalue weighted by molar-refractivity contribution is -0.149. The van der Waals surface area contributed by atoms with Gasteiger partial charge in [0.25, 0.3) is 0 Å². The van der Waals surface area contributed by atoms with Gasteiger partial charge in [0.2, 0.25) is 0 Å². The minimum atomic E-state index is -0.660. The Morgan fingerprint density at radius 1 is 1.30 bits per heavy atom. The van der Waals surface area contributed by atoms with Crippen LogP contribution in [0.4, 0.5) is 0 Å². The number of phenols is 1. The minimum Gasteiger partial charge on any atom is -0.507 e. The SMILES string of the molecule is C=C(C)[C@H]1Oc2cc(C(C)=O)c(O)cc2[C@@H]1OC(C)=O. The number of carbonyl (C=O) groups excluding carboxylic acids is 2. The molecule has 0 radical (unpaired) electrons. The zero-order chi connectivity index (χ0) is 15.0. The van der Waals surface area contributed by atoms with Gasteiger partial charge in [0.05, 0.1) is 5.56 Å². The molecule has 0 fully saturated rings. The molecule has 0 aromatic heterocycles. The smallest absolute Gasteiger partial charge is 0.303 e. The van der Waals surface area contributed by atoms with Crippen LogP contribution in [0.2, 0.25) is 0 Å². The van der Waals surface area contributed by atoms with E-state index in [0.717, 1.165) is 0 Å². The summed E-state index contributed by atoms with van der Waals surface area (Å²) in [5.74, 6) is -0.448. The van der Waals surface area contributed by atoms with Crippen LogP contribution in [-0.2, 0) is 9.53 Å². The number of ketones is 1. The van der Waals surface area contributed by atoms with Crippen molar-refractivity contribution in [3.05, 3.63) is 35.4 Å². The van der Waals surface area contributed by atoms with Crippen molar-refractivity contribution in [2.45, 2.75) is 33.0 Å². The van der Waals surface area contributed by atoms with Crippen molar-refractivity contribution < 1.29 is 24.2 Å². The Labute approximate surface area is 116 Å². The normalized spacial score (nSPS) is 19.9. The topological polar surface area (TPSA) is 72.8 Å². The molecule has 1 heterocycles. The molecule has 20 heavy (non-hydrogen) atoms. The van der Waals surface area contributed by atoms with Gasteiger partial charge >= 0.3 is 5.97 Å². The van der Waals surface area contributed by atoms with Gasteiger partial charge in [-0.25, -0.2) is 0 Å². The average molecular weight is 276 g/mol. The van der Waals surface area contributed by atoms with E-state index in [4.69, 9.17) is 9.47 Å². The number of benzene rings is 1. The highest BCUT2D eigenvalue weighted by atomic mass is 16.6. The van der Waals surface area contributed by atoms with Gasteiger partial charge in [-0.3, -0.25) is 9.59 Å². The molecule has 5 heteroatoms. The zero-order valence-corrected chi connectivity index (χ0v) is 11.6. The van der Waals surface area contributed by atoms with Gasteiger partial charge in [-0.05, 0) is 31.6 Å². The van der Waals surface area contributed by atoms with E-state index in [1.165, 1.54) is 26.0 Å². The molecule has 1 aromatic carbocycles. The molecule has 0 aliphatic carbocycles. The molecule has 2 atom stereocenters. The van der Waals surface area contributed by atoms with Crippen LogP contribution in [-0.4, -0.2) is 23.0 Å². The predicted octanol–water partition coefficient (Wildman–Crippen LogP) is 2.54. The first-order chi connectivity index (χ1) is 9.31. The number of rotatable bonds is 3.